The second kappa shape index (κ2) is 3.18. The van der Waals surface area contributed by atoms with E-state index in [1.165, 1.54) is 5.56 Å². The van der Waals surface area contributed by atoms with E-state index in [0.29, 0.717) is 6.54 Å². The van der Waals surface area contributed by atoms with Crippen molar-refractivity contribution in [1.29, 1.82) is 0 Å². The molecular formula is C10H13N3. The van der Waals surface area contributed by atoms with Gasteiger partial charge in [0.05, 0.1) is 11.2 Å². The van der Waals surface area contributed by atoms with Crippen LogP contribution in [0.2, 0.25) is 0 Å². The lowest BCUT2D eigenvalue weighted by atomic mass is 10.2. The van der Waals surface area contributed by atoms with Crippen molar-refractivity contribution in [2.45, 2.75) is 13.3 Å². The van der Waals surface area contributed by atoms with Crippen molar-refractivity contribution < 1.29 is 0 Å². The van der Waals surface area contributed by atoms with Crippen molar-refractivity contribution >= 4 is 5.52 Å². The molecule has 13 heavy (non-hydrogen) atoms. The van der Waals surface area contributed by atoms with Crippen molar-refractivity contribution in [3.05, 3.63) is 35.7 Å². The summed E-state index contributed by atoms with van der Waals surface area (Å²) in [7, 11) is 0. The van der Waals surface area contributed by atoms with Gasteiger partial charge in [0.25, 0.3) is 0 Å². The van der Waals surface area contributed by atoms with Gasteiger partial charge in [0.1, 0.15) is 0 Å². The van der Waals surface area contributed by atoms with Crippen LogP contribution in [0, 0.1) is 6.92 Å². The van der Waals surface area contributed by atoms with Gasteiger partial charge in [-0.15, -0.1) is 0 Å². The van der Waals surface area contributed by atoms with Crippen LogP contribution in [0.15, 0.2) is 24.4 Å². The third kappa shape index (κ3) is 1.55. The maximum Gasteiger partial charge on any atom is 0.0664 e. The van der Waals surface area contributed by atoms with E-state index in [9.17, 15) is 0 Å². The minimum atomic E-state index is 0.656. The number of hydrogen-bond acceptors (Lipinski definition) is 2. The first-order valence-corrected chi connectivity index (χ1v) is 4.44. The molecule has 0 bridgehead atoms. The van der Waals surface area contributed by atoms with E-state index in [-0.39, 0.29) is 0 Å². The lowest BCUT2D eigenvalue weighted by molar-refractivity contribution is 0.858. The summed E-state index contributed by atoms with van der Waals surface area (Å²) >= 11 is 0. The van der Waals surface area contributed by atoms with Crippen molar-refractivity contribution in [3.8, 4) is 0 Å². The summed E-state index contributed by atoms with van der Waals surface area (Å²) in [6.45, 7) is 2.71. The number of hydrogen-bond donors (Lipinski definition) is 1. The molecule has 0 atom stereocenters. The van der Waals surface area contributed by atoms with Gasteiger partial charge in [0.2, 0.25) is 0 Å². The third-order valence-corrected chi connectivity index (χ3v) is 2.06. The van der Waals surface area contributed by atoms with Gasteiger partial charge in [-0.25, -0.2) is 4.52 Å². The molecule has 0 saturated heterocycles. The molecule has 0 fully saturated rings. The highest BCUT2D eigenvalue weighted by molar-refractivity contribution is 5.48. The first kappa shape index (κ1) is 8.26. The lowest BCUT2D eigenvalue weighted by Crippen LogP contribution is -2.03. The highest BCUT2D eigenvalue weighted by Gasteiger charge is 1.99. The topological polar surface area (TPSA) is 43.3 Å². The normalized spacial score (nSPS) is 10.9. The van der Waals surface area contributed by atoms with E-state index in [2.05, 4.69) is 30.2 Å². The highest BCUT2D eigenvalue weighted by atomic mass is 15.2. The van der Waals surface area contributed by atoms with Crippen LogP contribution in [-0.4, -0.2) is 16.2 Å². The standard InChI is InChI=1S/C10H13N3/c1-8-2-3-10-6-9(4-5-11)12-13(10)7-8/h2-3,6-7H,4-5,11H2,1H3. The zero-order valence-electron chi connectivity index (χ0n) is 7.70. The number of nitrogens with two attached hydrogens (primary N) is 1. The molecule has 2 aromatic rings. The van der Waals surface area contributed by atoms with E-state index in [4.69, 9.17) is 5.73 Å². The van der Waals surface area contributed by atoms with Gasteiger partial charge in [0.15, 0.2) is 0 Å². The fourth-order valence-corrected chi connectivity index (χ4v) is 1.41. The molecule has 0 unspecified atom stereocenters. The fourth-order valence-electron chi connectivity index (χ4n) is 1.41. The Labute approximate surface area is 77.2 Å². The van der Waals surface area contributed by atoms with E-state index >= 15 is 0 Å². The Morgan fingerprint density at radius 2 is 2.31 bits per heavy atom. The quantitative estimate of drug-likeness (QED) is 0.744. The Bertz CT molecular complexity index is 417. The number of pyridine rings is 1. The number of aromatic nitrogens is 2. The SMILES string of the molecule is Cc1ccc2cc(CCN)nn2c1. The Balaban J connectivity index is 2.49. The van der Waals surface area contributed by atoms with E-state index < -0.39 is 0 Å². The number of fused-ring (bicyclic) bond motifs is 1. The molecule has 2 aromatic heterocycles. The van der Waals surface area contributed by atoms with Crippen LogP contribution in [0.4, 0.5) is 0 Å². The minimum absolute atomic E-state index is 0.656. The minimum Gasteiger partial charge on any atom is -0.330 e. The molecule has 3 heteroatoms. The Hall–Kier alpha value is -1.35. The van der Waals surface area contributed by atoms with Gasteiger partial charge in [0, 0.05) is 12.6 Å². The molecular weight excluding hydrogens is 162 g/mol. The van der Waals surface area contributed by atoms with E-state index in [1.807, 2.05) is 10.7 Å². The molecule has 2 rings (SSSR count). The Morgan fingerprint density at radius 3 is 3.08 bits per heavy atom. The second-order valence-corrected chi connectivity index (χ2v) is 3.25. The molecule has 0 radical (unpaired) electrons. The van der Waals surface area contributed by atoms with Crippen molar-refractivity contribution in [2.24, 2.45) is 5.73 Å². The molecule has 0 aliphatic heterocycles. The molecule has 0 amide bonds. The van der Waals surface area contributed by atoms with Crippen LogP contribution in [-0.2, 0) is 6.42 Å². The predicted octanol–water partition coefficient (Wildman–Crippen LogP) is 1.14. The van der Waals surface area contributed by atoms with Gasteiger partial charge in [-0.1, -0.05) is 6.07 Å². The van der Waals surface area contributed by atoms with Gasteiger partial charge in [-0.2, -0.15) is 5.10 Å². The van der Waals surface area contributed by atoms with E-state index in [0.717, 1.165) is 17.6 Å². The molecule has 68 valence electrons. The lowest BCUT2D eigenvalue weighted by Gasteiger charge is -1.93. The Kier molecular flexibility index (Phi) is 2.02. The smallest absolute Gasteiger partial charge is 0.0664 e. The number of nitrogens with zero attached hydrogens (tertiary/aromatic N) is 2. The van der Waals surface area contributed by atoms with Crippen molar-refractivity contribution in [1.82, 2.24) is 9.61 Å². The summed E-state index contributed by atoms with van der Waals surface area (Å²) in [6, 6.07) is 6.23. The summed E-state index contributed by atoms with van der Waals surface area (Å²) in [4.78, 5) is 0. The molecule has 0 aliphatic rings. The molecule has 0 aromatic carbocycles. The first-order chi connectivity index (χ1) is 6.29. The van der Waals surface area contributed by atoms with Crippen LogP contribution >= 0.6 is 0 Å². The van der Waals surface area contributed by atoms with Crippen LogP contribution in [0.1, 0.15) is 11.3 Å². The maximum atomic E-state index is 5.46. The zero-order valence-corrected chi connectivity index (χ0v) is 7.70. The summed E-state index contributed by atoms with van der Waals surface area (Å²) in [6.07, 6.45) is 2.87. The first-order valence-electron chi connectivity index (χ1n) is 4.44. The van der Waals surface area contributed by atoms with E-state index in [1.54, 1.807) is 0 Å². The van der Waals surface area contributed by atoms with Crippen LogP contribution < -0.4 is 5.73 Å². The molecule has 0 saturated carbocycles. The van der Waals surface area contributed by atoms with Gasteiger partial charge in [-0.05, 0) is 31.2 Å². The fraction of sp³-hybridized carbons (Fsp3) is 0.300. The number of aryl methyl sites for hydroxylation is 1. The van der Waals surface area contributed by atoms with Gasteiger partial charge in [-0.3, -0.25) is 0 Å². The second-order valence-electron chi connectivity index (χ2n) is 3.25. The van der Waals surface area contributed by atoms with Crippen LogP contribution in [0.3, 0.4) is 0 Å². The van der Waals surface area contributed by atoms with Crippen molar-refractivity contribution in [2.75, 3.05) is 6.54 Å². The molecule has 0 aliphatic carbocycles. The number of rotatable bonds is 2. The summed E-state index contributed by atoms with van der Waals surface area (Å²) < 4.78 is 1.90. The highest BCUT2D eigenvalue weighted by Crippen LogP contribution is 2.08. The molecule has 3 nitrogen and oxygen atoms in total. The third-order valence-electron chi connectivity index (χ3n) is 2.06. The van der Waals surface area contributed by atoms with Crippen molar-refractivity contribution in [3.63, 3.8) is 0 Å². The largest absolute Gasteiger partial charge is 0.330 e. The van der Waals surface area contributed by atoms with Crippen LogP contribution in [0.25, 0.3) is 5.52 Å². The van der Waals surface area contributed by atoms with Gasteiger partial charge >= 0.3 is 0 Å². The zero-order chi connectivity index (χ0) is 9.26. The average Bonchev–Trinajstić information content (AvgIpc) is 2.46. The Morgan fingerprint density at radius 1 is 1.46 bits per heavy atom. The average molecular weight is 175 g/mol. The summed E-state index contributed by atoms with van der Waals surface area (Å²) in [5.41, 5.74) is 8.88. The molecule has 2 N–H and O–H groups in total. The predicted molar refractivity (Wildman–Crippen MR) is 52.7 cm³/mol. The monoisotopic (exact) mass is 175 g/mol. The molecule has 0 spiro atoms. The summed E-state index contributed by atoms with van der Waals surface area (Å²) in [5.74, 6) is 0. The summed E-state index contributed by atoms with van der Waals surface area (Å²) in [5, 5.41) is 4.40. The van der Waals surface area contributed by atoms with Gasteiger partial charge < -0.3 is 5.73 Å². The van der Waals surface area contributed by atoms with Crippen LogP contribution in [0.5, 0.6) is 0 Å². The maximum absolute atomic E-state index is 5.46. The molecule has 2 heterocycles.